The van der Waals surface area contributed by atoms with Crippen LogP contribution in [0.3, 0.4) is 0 Å². The van der Waals surface area contributed by atoms with Crippen molar-refractivity contribution in [2.45, 2.75) is 30.4 Å². The molecule has 2 aromatic heterocycles. The summed E-state index contributed by atoms with van der Waals surface area (Å²) in [6, 6.07) is 9.16. The van der Waals surface area contributed by atoms with Gasteiger partial charge >= 0.3 is 0 Å². The van der Waals surface area contributed by atoms with E-state index in [0.29, 0.717) is 11.4 Å². The second kappa shape index (κ2) is 6.32. The van der Waals surface area contributed by atoms with E-state index in [2.05, 4.69) is 4.98 Å². The summed E-state index contributed by atoms with van der Waals surface area (Å²) in [5.41, 5.74) is 2.30. The van der Waals surface area contributed by atoms with Gasteiger partial charge in [0.2, 0.25) is 0 Å². The van der Waals surface area contributed by atoms with Crippen LogP contribution in [-0.2, 0) is 9.84 Å². The topological polar surface area (TPSA) is 69.9 Å². The molecule has 0 amide bonds. The molecule has 0 atom stereocenters. The van der Waals surface area contributed by atoms with Crippen molar-refractivity contribution >= 4 is 15.5 Å². The maximum atomic E-state index is 13.0. The number of pyridine rings is 1. The van der Waals surface area contributed by atoms with Gasteiger partial charge in [0.15, 0.2) is 9.84 Å². The molecule has 0 radical (unpaired) electrons. The van der Waals surface area contributed by atoms with Crippen molar-refractivity contribution in [1.82, 2.24) is 9.38 Å². The summed E-state index contributed by atoms with van der Waals surface area (Å²) in [5, 5.41) is 0. The maximum Gasteiger partial charge on any atom is 0.188 e. The summed E-state index contributed by atoms with van der Waals surface area (Å²) in [6.07, 6.45) is 3.30. The van der Waals surface area contributed by atoms with Crippen LogP contribution in [-0.4, -0.2) is 36.8 Å². The average molecular weight is 374 g/mol. The lowest BCUT2D eigenvalue weighted by molar-refractivity contribution is 0.401. The molecule has 1 aromatic carbocycles. The third-order valence-corrected chi connectivity index (χ3v) is 6.77. The van der Waals surface area contributed by atoms with Crippen molar-refractivity contribution in [1.29, 1.82) is 0 Å². The zero-order valence-electron chi connectivity index (χ0n) is 15.5. The van der Waals surface area contributed by atoms with Crippen molar-refractivity contribution in [2.75, 3.05) is 14.2 Å². The molecule has 6 nitrogen and oxygen atoms in total. The Labute approximate surface area is 153 Å². The second-order valence-corrected chi connectivity index (χ2v) is 9.59. The highest BCUT2D eigenvalue weighted by Gasteiger charge is 2.34. The molecule has 0 fully saturated rings. The van der Waals surface area contributed by atoms with Crippen LogP contribution in [0.2, 0.25) is 0 Å². The second-order valence-electron chi connectivity index (χ2n) is 6.92. The molecule has 138 valence electrons. The van der Waals surface area contributed by atoms with Crippen molar-refractivity contribution in [2.24, 2.45) is 0 Å². The number of fused-ring (bicyclic) bond motifs is 1. The third kappa shape index (κ3) is 2.92. The fraction of sp³-hybridized carbons (Fsp3) is 0.316. The minimum Gasteiger partial charge on any atom is -0.497 e. The van der Waals surface area contributed by atoms with Gasteiger partial charge in [-0.25, -0.2) is 13.4 Å². The van der Waals surface area contributed by atoms with Crippen LogP contribution in [0.25, 0.3) is 16.9 Å². The first-order chi connectivity index (χ1) is 12.2. The summed E-state index contributed by atoms with van der Waals surface area (Å²) >= 11 is 0. The van der Waals surface area contributed by atoms with Gasteiger partial charge in [0.1, 0.15) is 22.0 Å². The number of aromatic nitrogens is 2. The first kappa shape index (κ1) is 18.3. The lowest BCUT2D eigenvalue weighted by Crippen LogP contribution is -2.28. The van der Waals surface area contributed by atoms with Crippen LogP contribution < -0.4 is 9.47 Å². The van der Waals surface area contributed by atoms with Gasteiger partial charge < -0.3 is 9.47 Å². The summed E-state index contributed by atoms with van der Waals surface area (Å²) in [7, 11) is -0.522. The van der Waals surface area contributed by atoms with E-state index >= 15 is 0 Å². The molecule has 0 aliphatic rings. The molecule has 0 spiro atoms. The lowest BCUT2D eigenvalue weighted by Gasteiger charge is -2.21. The van der Waals surface area contributed by atoms with E-state index in [9.17, 15) is 8.42 Å². The monoisotopic (exact) mass is 374 g/mol. The number of ether oxygens (including phenoxy) is 2. The van der Waals surface area contributed by atoms with Crippen molar-refractivity contribution in [3.8, 4) is 22.8 Å². The van der Waals surface area contributed by atoms with Gasteiger partial charge in [-0.2, -0.15) is 0 Å². The third-order valence-electron chi connectivity index (χ3n) is 4.28. The number of hydrogen-bond acceptors (Lipinski definition) is 5. The minimum atomic E-state index is -3.59. The Bertz CT molecular complexity index is 1050. The number of benzene rings is 1. The van der Waals surface area contributed by atoms with E-state index in [1.54, 1.807) is 50.7 Å². The van der Waals surface area contributed by atoms with Gasteiger partial charge in [0.05, 0.1) is 30.9 Å². The van der Waals surface area contributed by atoms with Crippen molar-refractivity contribution < 1.29 is 17.9 Å². The van der Waals surface area contributed by atoms with Crippen LogP contribution in [0.15, 0.2) is 47.6 Å². The van der Waals surface area contributed by atoms with Crippen molar-refractivity contribution in [3.63, 3.8) is 0 Å². The van der Waals surface area contributed by atoms with Crippen LogP contribution in [0.1, 0.15) is 20.8 Å². The highest BCUT2D eigenvalue weighted by atomic mass is 32.2. The van der Waals surface area contributed by atoms with Crippen molar-refractivity contribution in [3.05, 3.63) is 42.7 Å². The molecule has 0 saturated heterocycles. The van der Waals surface area contributed by atoms with Crippen LogP contribution in [0.5, 0.6) is 11.5 Å². The Kier molecular flexibility index (Phi) is 4.44. The number of rotatable bonds is 4. The SMILES string of the molecule is COc1ccc(-c2cnc3cc(OC)c(S(=O)(=O)C(C)(C)C)cn23)cc1. The smallest absolute Gasteiger partial charge is 0.188 e. The van der Waals surface area contributed by atoms with Gasteiger partial charge in [-0.1, -0.05) is 0 Å². The van der Waals surface area contributed by atoms with E-state index in [-0.39, 0.29) is 4.90 Å². The van der Waals surface area contributed by atoms with E-state index in [1.807, 2.05) is 24.3 Å². The van der Waals surface area contributed by atoms with Gasteiger partial charge in [-0.15, -0.1) is 0 Å². The molecule has 0 bridgehead atoms. The summed E-state index contributed by atoms with van der Waals surface area (Å²) in [6.45, 7) is 5.01. The van der Waals surface area contributed by atoms with E-state index in [4.69, 9.17) is 9.47 Å². The maximum absolute atomic E-state index is 13.0. The summed E-state index contributed by atoms with van der Waals surface area (Å²) in [5.74, 6) is 1.04. The number of nitrogens with zero attached hydrogens (tertiary/aromatic N) is 2. The predicted octanol–water partition coefficient (Wildman–Crippen LogP) is 3.59. The van der Waals surface area contributed by atoms with Crippen LogP contribution >= 0.6 is 0 Å². The lowest BCUT2D eigenvalue weighted by atomic mass is 10.1. The molecular formula is C19H22N2O4S. The fourth-order valence-electron chi connectivity index (χ4n) is 2.65. The van der Waals surface area contributed by atoms with Gasteiger partial charge in [-0.3, -0.25) is 4.40 Å². The molecular weight excluding hydrogens is 352 g/mol. The first-order valence-electron chi connectivity index (χ1n) is 8.13. The Morgan fingerprint density at radius 3 is 2.23 bits per heavy atom. The quantitative estimate of drug-likeness (QED) is 0.698. The van der Waals surface area contributed by atoms with Gasteiger partial charge in [0.25, 0.3) is 0 Å². The zero-order chi connectivity index (χ0) is 19.1. The summed E-state index contributed by atoms with van der Waals surface area (Å²) in [4.78, 5) is 4.53. The Hall–Kier alpha value is -2.54. The standard InChI is InChI=1S/C19H22N2O4S/c1-19(2,3)26(22,23)17-12-21-15(11-20-18(21)10-16(17)25-5)13-6-8-14(24-4)9-7-13/h6-12H,1-5H3. The normalized spacial score (nSPS) is 12.3. The predicted molar refractivity (Wildman–Crippen MR) is 101 cm³/mol. The van der Waals surface area contributed by atoms with Crippen LogP contribution in [0, 0.1) is 0 Å². The molecule has 0 saturated carbocycles. The largest absolute Gasteiger partial charge is 0.497 e. The molecule has 0 N–H and O–H groups in total. The molecule has 2 heterocycles. The number of sulfone groups is 1. The molecule has 26 heavy (non-hydrogen) atoms. The molecule has 3 rings (SSSR count). The minimum absolute atomic E-state index is 0.146. The van der Waals surface area contributed by atoms with Gasteiger partial charge in [-0.05, 0) is 45.0 Å². The van der Waals surface area contributed by atoms with E-state index in [0.717, 1.165) is 17.0 Å². The summed E-state index contributed by atoms with van der Waals surface area (Å²) < 4.78 is 37.3. The highest BCUT2D eigenvalue weighted by Crippen LogP contribution is 2.34. The number of imidazole rings is 1. The molecule has 3 aromatic rings. The molecule has 0 unspecified atom stereocenters. The number of hydrogen-bond donors (Lipinski definition) is 0. The zero-order valence-corrected chi connectivity index (χ0v) is 16.3. The van der Waals surface area contributed by atoms with E-state index < -0.39 is 14.6 Å². The Balaban J connectivity index is 2.25. The molecule has 0 aliphatic carbocycles. The van der Waals surface area contributed by atoms with Crippen LogP contribution in [0.4, 0.5) is 0 Å². The Morgan fingerprint density at radius 2 is 1.69 bits per heavy atom. The average Bonchev–Trinajstić information content (AvgIpc) is 3.02. The number of methoxy groups -OCH3 is 2. The first-order valence-corrected chi connectivity index (χ1v) is 9.61. The fourth-order valence-corrected chi connectivity index (χ4v) is 3.96. The van der Waals surface area contributed by atoms with E-state index in [1.165, 1.54) is 7.11 Å². The Morgan fingerprint density at radius 1 is 1.04 bits per heavy atom. The van der Waals surface area contributed by atoms with Gasteiger partial charge in [0, 0.05) is 17.8 Å². The highest BCUT2D eigenvalue weighted by molar-refractivity contribution is 7.92. The molecule has 0 aliphatic heterocycles. The molecule has 7 heteroatoms.